The number of methoxy groups -OCH3 is 2. The maximum absolute atomic E-state index is 12.3. The zero-order valence-electron chi connectivity index (χ0n) is 17.3. The van der Waals surface area contributed by atoms with Gasteiger partial charge in [0.2, 0.25) is 0 Å². The van der Waals surface area contributed by atoms with Gasteiger partial charge in [-0.15, -0.1) is 11.3 Å². The molecular weight excluding hydrogens is 416 g/mol. The summed E-state index contributed by atoms with van der Waals surface area (Å²) in [7, 11) is 3.08. The summed E-state index contributed by atoms with van der Waals surface area (Å²) in [5.74, 6) is 0.0394. The third kappa shape index (κ3) is 5.93. The van der Waals surface area contributed by atoms with E-state index in [1.54, 1.807) is 31.4 Å². The molecule has 0 spiro atoms. The Morgan fingerprint density at radius 3 is 2.52 bits per heavy atom. The third-order valence-corrected chi connectivity index (χ3v) is 5.04. The Morgan fingerprint density at radius 2 is 1.81 bits per heavy atom. The van der Waals surface area contributed by atoms with Crippen molar-refractivity contribution in [2.45, 2.75) is 13.0 Å². The fourth-order valence-corrected chi connectivity index (χ4v) is 3.39. The Morgan fingerprint density at radius 1 is 1.06 bits per heavy atom. The van der Waals surface area contributed by atoms with E-state index in [-0.39, 0.29) is 0 Å². The van der Waals surface area contributed by atoms with E-state index in [1.165, 1.54) is 31.4 Å². The van der Waals surface area contributed by atoms with E-state index in [0.29, 0.717) is 16.6 Å². The van der Waals surface area contributed by atoms with Crippen LogP contribution in [0.5, 0.6) is 11.5 Å². The molecule has 3 aromatic rings. The van der Waals surface area contributed by atoms with Crippen molar-refractivity contribution in [1.29, 1.82) is 0 Å². The fourth-order valence-electron chi connectivity index (χ4n) is 2.67. The molecule has 0 radical (unpaired) electrons. The fraction of sp³-hybridized carbons (Fsp3) is 0.174. The first-order chi connectivity index (χ1) is 15.0. The number of benzene rings is 2. The average molecular weight is 439 g/mol. The number of hydrogen-bond acceptors (Lipinski definition) is 7. The minimum atomic E-state index is -0.980. The molecule has 1 aromatic heterocycles. The zero-order valence-corrected chi connectivity index (χ0v) is 18.1. The van der Waals surface area contributed by atoms with Crippen LogP contribution in [0.2, 0.25) is 0 Å². The lowest BCUT2D eigenvalue weighted by atomic mass is 10.2. The predicted octanol–water partition coefficient (Wildman–Crippen LogP) is 4.41. The molecule has 3 rings (SSSR count). The number of aromatic nitrogens is 1. The van der Waals surface area contributed by atoms with Crippen LogP contribution in [-0.4, -0.2) is 37.2 Å². The Hall–Kier alpha value is -3.65. The first kappa shape index (κ1) is 22.0. The van der Waals surface area contributed by atoms with Gasteiger partial charge in [0.25, 0.3) is 5.91 Å². The van der Waals surface area contributed by atoms with Crippen LogP contribution in [0.4, 0.5) is 5.13 Å². The van der Waals surface area contributed by atoms with Crippen molar-refractivity contribution < 1.29 is 23.8 Å². The van der Waals surface area contributed by atoms with Gasteiger partial charge < -0.3 is 14.2 Å². The maximum atomic E-state index is 12.3. The van der Waals surface area contributed by atoms with Gasteiger partial charge in [0.05, 0.1) is 19.9 Å². The molecule has 31 heavy (non-hydrogen) atoms. The summed E-state index contributed by atoms with van der Waals surface area (Å²) >= 11 is 1.30. The van der Waals surface area contributed by atoms with Gasteiger partial charge in [-0.25, -0.2) is 9.78 Å². The van der Waals surface area contributed by atoms with Gasteiger partial charge in [-0.3, -0.25) is 10.1 Å². The SMILES string of the molecule is COc1ccc(C=CC(=O)OC(C)C(=O)Nc2nc(-c3ccccc3)cs2)cc1OC. The summed E-state index contributed by atoms with van der Waals surface area (Å²) in [6.07, 6.45) is 1.84. The van der Waals surface area contributed by atoms with Gasteiger partial charge in [-0.2, -0.15) is 0 Å². The number of hydrogen-bond donors (Lipinski definition) is 1. The molecule has 0 fully saturated rings. The molecule has 0 aliphatic heterocycles. The highest BCUT2D eigenvalue weighted by Crippen LogP contribution is 2.28. The van der Waals surface area contributed by atoms with Crippen LogP contribution < -0.4 is 14.8 Å². The monoisotopic (exact) mass is 438 g/mol. The minimum Gasteiger partial charge on any atom is -0.493 e. The Bertz CT molecular complexity index is 1080. The van der Waals surface area contributed by atoms with Gasteiger partial charge >= 0.3 is 5.97 Å². The number of carbonyl (C=O) groups is 2. The molecule has 1 amide bonds. The van der Waals surface area contributed by atoms with E-state index in [2.05, 4.69) is 10.3 Å². The molecule has 160 valence electrons. The van der Waals surface area contributed by atoms with Gasteiger partial charge in [-0.1, -0.05) is 36.4 Å². The molecule has 0 saturated heterocycles. The Balaban J connectivity index is 1.55. The minimum absolute atomic E-state index is 0.438. The topological polar surface area (TPSA) is 86.8 Å². The van der Waals surface area contributed by atoms with Crippen LogP contribution in [0, 0.1) is 0 Å². The first-order valence-corrected chi connectivity index (χ1v) is 10.3. The van der Waals surface area contributed by atoms with Crippen molar-refractivity contribution in [2.75, 3.05) is 19.5 Å². The van der Waals surface area contributed by atoms with E-state index in [1.807, 2.05) is 35.7 Å². The highest BCUT2D eigenvalue weighted by atomic mass is 32.1. The summed E-state index contributed by atoms with van der Waals surface area (Å²) < 4.78 is 15.6. The van der Waals surface area contributed by atoms with Crippen molar-refractivity contribution in [3.8, 4) is 22.8 Å². The lowest BCUT2D eigenvalue weighted by Gasteiger charge is -2.11. The molecule has 7 nitrogen and oxygen atoms in total. The largest absolute Gasteiger partial charge is 0.493 e. The number of carbonyl (C=O) groups excluding carboxylic acids is 2. The van der Waals surface area contributed by atoms with E-state index in [9.17, 15) is 9.59 Å². The smallest absolute Gasteiger partial charge is 0.331 e. The molecule has 1 heterocycles. The molecule has 0 bridgehead atoms. The van der Waals surface area contributed by atoms with E-state index < -0.39 is 18.0 Å². The summed E-state index contributed by atoms with van der Waals surface area (Å²) in [5.41, 5.74) is 2.45. The Labute approximate surface area is 184 Å². The molecular formula is C23H22N2O5S. The second-order valence-electron chi connectivity index (χ2n) is 6.42. The molecule has 1 N–H and O–H groups in total. The van der Waals surface area contributed by atoms with Crippen LogP contribution in [0.25, 0.3) is 17.3 Å². The van der Waals surface area contributed by atoms with Gasteiger partial charge in [0, 0.05) is 17.0 Å². The van der Waals surface area contributed by atoms with E-state index in [0.717, 1.165) is 16.8 Å². The van der Waals surface area contributed by atoms with Crippen molar-refractivity contribution in [3.05, 3.63) is 65.6 Å². The molecule has 0 aliphatic carbocycles. The molecule has 8 heteroatoms. The van der Waals surface area contributed by atoms with Crippen molar-refractivity contribution >= 4 is 34.4 Å². The zero-order chi connectivity index (χ0) is 22.2. The van der Waals surface area contributed by atoms with Crippen molar-refractivity contribution in [2.24, 2.45) is 0 Å². The molecule has 1 unspecified atom stereocenters. The summed E-state index contributed by atoms with van der Waals surface area (Å²) in [5, 5.41) is 4.97. The molecule has 1 atom stereocenters. The standard InChI is InChI=1S/C23H22N2O5S/c1-15(22(27)25-23-24-18(14-31-23)17-7-5-4-6-8-17)30-21(26)12-10-16-9-11-19(28-2)20(13-16)29-3/h4-15H,1-3H3,(H,24,25,27). The second-order valence-corrected chi connectivity index (χ2v) is 7.28. The first-order valence-electron chi connectivity index (χ1n) is 9.42. The molecule has 0 aliphatic rings. The number of anilines is 1. The van der Waals surface area contributed by atoms with Gasteiger partial charge in [0.1, 0.15) is 0 Å². The number of rotatable bonds is 8. The predicted molar refractivity (Wildman–Crippen MR) is 120 cm³/mol. The molecule has 2 aromatic carbocycles. The van der Waals surface area contributed by atoms with Crippen molar-refractivity contribution in [1.82, 2.24) is 4.98 Å². The average Bonchev–Trinajstić information content (AvgIpc) is 3.26. The van der Waals surface area contributed by atoms with E-state index in [4.69, 9.17) is 14.2 Å². The normalized spacial score (nSPS) is 11.7. The number of thiazole rings is 1. The number of nitrogens with one attached hydrogen (secondary N) is 1. The van der Waals surface area contributed by atoms with Crippen LogP contribution >= 0.6 is 11.3 Å². The lowest BCUT2D eigenvalue weighted by molar-refractivity contribution is -0.148. The number of esters is 1. The number of nitrogens with zero attached hydrogens (tertiary/aromatic N) is 1. The van der Waals surface area contributed by atoms with Crippen LogP contribution in [0.3, 0.4) is 0 Å². The maximum Gasteiger partial charge on any atom is 0.331 e. The van der Waals surface area contributed by atoms with Crippen LogP contribution in [0.1, 0.15) is 12.5 Å². The number of amides is 1. The van der Waals surface area contributed by atoms with Crippen LogP contribution in [0.15, 0.2) is 60.0 Å². The van der Waals surface area contributed by atoms with E-state index >= 15 is 0 Å². The summed E-state index contributed by atoms with van der Waals surface area (Å²) in [6.45, 7) is 1.50. The third-order valence-electron chi connectivity index (χ3n) is 4.29. The molecule has 0 saturated carbocycles. The van der Waals surface area contributed by atoms with Gasteiger partial charge in [-0.05, 0) is 30.7 Å². The van der Waals surface area contributed by atoms with Gasteiger partial charge in [0.15, 0.2) is 22.7 Å². The van der Waals surface area contributed by atoms with Crippen LogP contribution in [-0.2, 0) is 14.3 Å². The highest BCUT2D eigenvalue weighted by Gasteiger charge is 2.18. The number of ether oxygens (including phenoxy) is 3. The highest BCUT2D eigenvalue weighted by molar-refractivity contribution is 7.14. The van der Waals surface area contributed by atoms with Crippen molar-refractivity contribution in [3.63, 3.8) is 0 Å². The summed E-state index contributed by atoms with van der Waals surface area (Å²) in [4.78, 5) is 28.8. The second kappa shape index (κ2) is 10.4. The Kier molecular flexibility index (Phi) is 7.40. The lowest BCUT2D eigenvalue weighted by Crippen LogP contribution is -2.29. The summed E-state index contributed by atoms with van der Waals surface area (Å²) in [6, 6.07) is 14.9. The quantitative estimate of drug-likeness (QED) is 0.414.